The van der Waals surface area contributed by atoms with Crippen LogP contribution >= 0.6 is 0 Å². The molecule has 1 fully saturated rings. The topological polar surface area (TPSA) is 40.6 Å². The molecule has 0 aliphatic carbocycles. The van der Waals surface area contributed by atoms with Crippen molar-refractivity contribution in [1.29, 1.82) is 0 Å². The largest absolute Gasteiger partial charge is 0.340 e. The minimum atomic E-state index is -0.295. The summed E-state index contributed by atoms with van der Waals surface area (Å²) < 4.78 is 13.2. The van der Waals surface area contributed by atoms with Gasteiger partial charge in [-0.2, -0.15) is 0 Å². The average molecular weight is 394 g/mol. The number of hydrogen-bond acceptors (Lipinski definition) is 2. The van der Waals surface area contributed by atoms with E-state index in [1.807, 2.05) is 31.2 Å². The van der Waals surface area contributed by atoms with Crippen molar-refractivity contribution < 1.29 is 14.0 Å². The summed E-state index contributed by atoms with van der Waals surface area (Å²) in [6.07, 6.45) is 2.71. The molecule has 2 amide bonds. The highest BCUT2D eigenvalue weighted by Crippen LogP contribution is 2.24. The zero-order valence-electron chi connectivity index (χ0n) is 16.8. The lowest BCUT2D eigenvalue weighted by Crippen LogP contribution is -2.37. The van der Waals surface area contributed by atoms with E-state index >= 15 is 0 Å². The molecular weight excluding hydrogens is 367 g/mol. The summed E-state index contributed by atoms with van der Waals surface area (Å²) in [5.74, 6) is -0.430. The fourth-order valence-electron chi connectivity index (χ4n) is 3.79. The van der Waals surface area contributed by atoms with Crippen LogP contribution in [0.1, 0.15) is 18.9 Å². The van der Waals surface area contributed by atoms with E-state index in [2.05, 4.69) is 6.58 Å². The minimum absolute atomic E-state index is 0.0588. The van der Waals surface area contributed by atoms with E-state index < -0.39 is 0 Å². The lowest BCUT2D eigenvalue weighted by atomic mass is 9.94. The van der Waals surface area contributed by atoms with Gasteiger partial charge in [0.15, 0.2) is 0 Å². The zero-order chi connectivity index (χ0) is 20.8. The van der Waals surface area contributed by atoms with Crippen molar-refractivity contribution in [1.82, 2.24) is 9.80 Å². The maximum absolute atomic E-state index is 13.2. The molecule has 1 saturated heterocycles. The van der Waals surface area contributed by atoms with Crippen LogP contribution in [0.15, 0.2) is 61.2 Å². The summed E-state index contributed by atoms with van der Waals surface area (Å²) in [4.78, 5) is 29.0. The summed E-state index contributed by atoms with van der Waals surface area (Å²) >= 11 is 0. The standard InChI is InChI=1S/C24H27FN2O2/c1-3-12-26-13-14-27(23(28)4-2)17-21(24(26)29)16-18-6-5-7-20(15-18)19-8-10-22(25)11-9-19/h3,5-11,15,21H,1,4,12-14,16-17H2,2H3/t21-/m0/s1. The Morgan fingerprint density at radius 3 is 2.62 bits per heavy atom. The van der Waals surface area contributed by atoms with E-state index in [-0.39, 0.29) is 23.5 Å². The van der Waals surface area contributed by atoms with Gasteiger partial charge in [0.1, 0.15) is 5.82 Å². The van der Waals surface area contributed by atoms with Gasteiger partial charge in [-0.15, -0.1) is 6.58 Å². The van der Waals surface area contributed by atoms with E-state index in [4.69, 9.17) is 0 Å². The van der Waals surface area contributed by atoms with Crippen molar-refractivity contribution >= 4 is 11.8 Å². The van der Waals surface area contributed by atoms with Crippen LogP contribution in [0.3, 0.4) is 0 Å². The lowest BCUT2D eigenvalue weighted by Gasteiger charge is -2.23. The number of carbonyl (C=O) groups excluding carboxylic acids is 2. The first kappa shape index (κ1) is 20.8. The first-order valence-electron chi connectivity index (χ1n) is 10.0. The lowest BCUT2D eigenvalue weighted by molar-refractivity contribution is -0.134. The molecule has 152 valence electrons. The second kappa shape index (κ2) is 9.50. The Morgan fingerprint density at radius 1 is 1.17 bits per heavy atom. The quantitative estimate of drug-likeness (QED) is 0.697. The third-order valence-corrected chi connectivity index (χ3v) is 5.33. The number of rotatable bonds is 6. The van der Waals surface area contributed by atoms with Crippen molar-refractivity contribution in [2.24, 2.45) is 5.92 Å². The van der Waals surface area contributed by atoms with E-state index in [1.54, 1.807) is 28.0 Å². The summed E-state index contributed by atoms with van der Waals surface area (Å²) in [5, 5.41) is 0. The van der Waals surface area contributed by atoms with Crippen molar-refractivity contribution in [3.05, 3.63) is 72.6 Å². The van der Waals surface area contributed by atoms with Crippen LogP contribution in [0.5, 0.6) is 0 Å². The molecule has 1 heterocycles. The molecule has 1 aliphatic heterocycles. The smallest absolute Gasteiger partial charge is 0.228 e. The Kier molecular flexibility index (Phi) is 6.81. The Balaban J connectivity index is 1.84. The first-order valence-corrected chi connectivity index (χ1v) is 10.0. The van der Waals surface area contributed by atoms with Crippen LogP contribution in [0.4, 0.5) is 4.39 Å². The first-order chi connectivity index (χ1) is 14.0. The van der Waals surface area contributed by atoms with Crippen LogP contribution in [0.2, 0.25) is 0 Å². The molecule has 29 heavy (non-hydrogen) atoms. The Bertz CT molecular complexity index is 879. The normalized spacial score (nSPS) is 17.2. The molecule has 0 spiro atoms. The number of benzene rings is 2. The SMILES string of the molecule is C=CCN1CCN(C(=O)CC)C[C@H](Cc2cccc(-c3ccc(F)cc3)c2)C1=O. The molecule has 0 radical (unpaired) electrons. The van der Waals surface area contributed by atoms with Gasteiger partial charge in [-0.1, -0.05) is 49.4 Å². The Morgan fingerprint density at radius 2 is 1.93 bits per heavy atom. The summed E-state index contributed by atoms with van der Waals surface area (Å²) in [5.41, 5.74) is 2.93. The van der Waals surface area contributed by atoms with Crippen molar-refractivity contribution in [3.8, 4) is 11.1 Å². The monoisotopic (exact) mass is 394 g/mol. The Hall–Kier alpha value is -2.95. The fourth-order valence-corrected chi connectivity index (χ4v) is 3.79. The summed E-state index contributed by atoms with van der Waals surface area (Å²) in [6, 6.07) is 14.3. The van der Waals surface area contributed by atoms with Crippen LogP contribution in [0, 0.1) is 11.7 Å². The molecule has 1 atom stereocenters. The van der Waals surface area contributed by atoms with Gasteiger partial charge in [0.05, 0.1) is 5.92 Å². The van der Waals surface area contributed by atoms with E-state index in [9.17, 15) is 14.0 Å². The highest BCUT2D eigenvalue weighted by Gasteiger charge is 2.31. The number of amides is 2. The maximum Gasteiger partial charge on any atom is 0.228 e. The van der Waals surface area contributed by atoms with Crippen molar-refractivity contribution in [2.45, 2.75) is 19.8 Å². The zero-order valence-corrected chi connectivity index (χ0v) is 16.8. The minimum Gasteiger partial charge on any atom is -0.340 e. The molecule has 5 heteroatoms. The third kappa shape index (κ3) is 5.11. The number of carbonyl (C=O) groups is 2. The molecule has 4 nitrogen and oxygen atoms in total. The molecule has 0 saturated carbocycles. The predicted octanol–water partition coefficient (Wildman–Crippen LogP) is 3.92. The van der Waals surface area contributed by atoms with Gasteiger partial charge in [0, 0.05) is 32.6 Å². The number of halogens is 1. The molecule has 2 aromatic rings. The molecule has 0 N–H and O–H groups in total. The number of nitrogens with zero attached hydrogens (tertiary/aromatic N) is 2. The second-order valence-corrected chi connectivity index (χ2v) is 7.37. The fraction of sp³-hybridized carbons (Fsp3) is 0.333. The second-order valence-electron chi connectivity index (χ2n) is 7.37. The molecule has 0 unspecified atom stereocenters. The van der Waals surface area contributed by atoms with Gasteiger partial charge in [-0.25, -0.2) is 4.39 Å². The Labute approximate surface area is 171 Å². The van der Waals surface area contributed by atoms with Crippen LogP contribution in [0.25, 0.3) is 11.1 Å². The van der Waals surface area contributed by atoms with Crippen LogP contribution in [-0.2, 0) is 16.0 Å². The van der Waals surface area contributed by atoms with E-state index in [1.165, 1.54) is 12.1 Å². The molecular formula is C24H27FN2O2. The average Bonchev–Trinajstić information content (AvgIpc) is 2.88. The van der Waals surface area contributed by atoms with Gasteiger partial charge < -0.3 is 9.80 Å². The van der Waals surface area contributed by atoms with Gasteiger partial charge in [-0.3, -0.25) is 9.59 Å². The van der Waals surface area contributed by atoms with Crippen molar-refractivity contribution in [2.75, 3.05) is 26.2 Å². The van der Waals surface area contributed by atoms with Gasteiger partial charge >= 0.3 is 0 Å². The molecule has 2 aromatic carbocycles. The van der Waals surface area contributed by atoms with Gasteiger partial charge in [0.25, 0.3) is 0 Å². The van der Waals surface area contributed by atoms with E-state index in [0.29, 0.717) is 39.0 Å². The highest BCUT2D eigenvalue weighted by atomic mass is 19.1. The maximum atomic E-state index is 13.2. The van der Waals surface area contributed by atoms with E-state index in [0.717, 1.165) is 16.7 Å². The molecule has 1 aliphatic rings. The summed E-state index contributed by atoms with van der Waals surface area (Å²) in [7, 11) is 0. The van der Waals surface area contributed by atoms with Crippen LogP contribution < -0.4 is 0 Å². The molecule has 3 rings (SSSR count). The summed E-state index contributed by atoms with van der Waals surface area (Å²) in [6.45, 7) is 7.59. The molecule has 0 bridgehead atoms. The van der Waals surface area contributed by atoms with Crippen molar-refractivity contribution in [3.63, 3.8) is 0 Å². The number of hydrogen-bond donors (Lipinski definition) is 0. The predicted molar refractivity (Wildman–Crippen MR) is 113 cm³/mol. The third-order valence-electron chi connectivity index (χ3n) is 5.33. The van der Waals surface area contributed by atoms with Crippen LogP contribution in [-0.4, -0.2) is 47.8 Å². The van der Waals surface area contributed by atoms with Gasteiger partial charge in [0.2, 0.25) is 11.8 Å². The highest BCUT2D eigenvalue weighted by molar-refractivity contribution is 5.82. The van der Waals surface area contributed by atoms with Gasteiger partial charge in [-0.05, 0) is 35.2 Å². The molecule has 0 aromatic heterocycles.